The van der Waals surface area contributed by atoms with E-state index in [9.17, 15) is 8.42 Å². The lowest BCUT2D eigenvalue weighted by molar-refractivity contribution is 0.289. The molecule has 0 saturated carbocycles. The zero-order valence-electron chi connectivity index (χ0n) is 12.2. The Morgan fingerprint density at radius 2 is 1.78 bits per heavy atom. The van der Waals surface area contributed by atoms with Crippen molar-refractivity contribution in [2.24, 2.45) is 0 Å². The third-order valence-electron chi connectivity index (χ3n) is 2.27. The maximum atomic E-state index is 10.7. The van der Waals surface area contributed by atoms with E-state index in [-0.39, 0.29) is 17.9 Å². The van der Waals surface area contributed by atoms with Crippen LogP contribution in [0.15, 0.2) is 12.7 Å². The number of nitrogens with zero attached hydrogens (tertiary/aromatic N) is 1. The first-order chi connectivity index (χ1) is 7.78. The van der Waals surface area contributed by atoms with Gasteiger partial charge >= 0.3 is 0 Å². The molecule has 0 fully saturated rings. The first-order valence-corrected chi connectivity index (χ1v) is 7.58. The van der Waals surface area contributed by atoms with E-state index < -0.39 is 10.1 Å². The smallest absolute Gasteiger partial charge is 0.266 e. The van der Waals surface area contributed by atoms with Crippen molar-refractivity contribution in [1.82, 2.24) is 11.1 Å². The quantitative estimate of drug-likeness (QED) is 0.425. The van der Waals surface area contributed by atoms with E-state index in [0.29, 0.717) is 0 Å². The molecule has 18 heavy (non-hydrogen) atoms. The normalized spacial score (nSPS) is 12.1. The molecule has 0 aromatic rings. The van der Waals surface area contributed by atoms with Gasteiger partial charge in [-0.15, -0.1) is 6.58 Å². The Morgan fingerprint density at radius 3 is 2.06 bits per heavy atom. The molecular weight excluding hydrogens is 252 g/mol. The van der Waals surface area contributed by atoms with Crippen LogP contribution in [-0.2, 0) is 10.1 Å². The van der Waals surface area contributed by atoms with Gasteiger partial charge in [-0.1, -0.05) is 32.3 Å². The van der Waals surface area contributed by atoms with Crippen molar-refractivity contribution in [2.45, 2.75) is 45.6 Å². The Labute approximate surface area is 113 Å². The SMILES string of the molecule is C=CC.CCCCCC(CS(=O)(=O)O)N(C)C.N. The van der Waals surface area contributed by atoms with Crippen LogP contribution >= 0.6 is 0 Å². The Hall–Kier alpha value is -0.430. The highest BCUT2D eigenvalue weighted by Gasteiger charge is 2.18. The molecule has 0 rings (SSSR count). The molecule has 4 N–H and O–H groups in total. The van der Waals surface area contributed by atoms with Crippen molar-refractivity contribution in [3.63, 3.8) is 0 Å². The van der Waals surface area contributed by atoms with Crippen LogP contribution in [0, 0.1) is 0 Å². The van der Waals surface area contributed by atoms with Gasteiger partial charge in [-0.25, -0.2) is 0 Å². The van der Waals surface area contributed by atoms with Crippen molar-refractivity contribution >= 4 is 10.1 Å². The van der Waals surface area contributed by atoms with E-state index in [0.717, 1.165) is 25.7 Å². The molecule has 0 saturated heterocycles. The maximum absolute atomic E-state index is 10.7. The average Bonchev–Trinajstić information content (AvgIpc) is 2.15. The average molecular weight is 282 g/mol. The summed E-state index contributed by atoms with van der Waals surface area (Å²) in [5, 5.41) is 0. The lowest BCUT2D eigenvalue weighted by Crippen LogP contribution is -2.34. The molecule has 0 aliphatic rings. The minimum Gasteiger partial charge on any atom is -0.344 e. The maximum Gasteiger partial charge on any atom is 0.266 e. The number of hydrogen-bond donors (Lipinski definition) is 2. The highest BCUT2D eigenvalue weighted by molar-refractivity contribution is 7.85. The molecule has 5 nitrogen and oxygen atoms in total. The van der Waals surface area contributed by atoms with Gasteiger partial charge in [-0.2, -0.15) is 8.42 Å². The van der Waals surface area contributed by atoms with Crippen molar-refractivity contribution < 1.29 is 13.0 Å². The second kappa shape index (κ2) is 13.0. The van der Waals surface area contributed by atoms with E-state index >= 15 is 0 Å². The second-order valence-electron chi connectivity index (χ2n) is 4.27. The summed E-state index contributed by atoms with van der Waals surface area (Å²) in [6, 6.07) is -0.0726. The van der Waals surface area contributed by atoms with Gasteiger partial charge in [0.1, 0.15) is 0 Å². The lowest BCUT2D eigenvalue weighted by Gasteiger charge is -2.22. The minimum atomic E-state index is -3.85. The van der Waals surface area contributed by atoms with E-state index in [1.54, 1.807) is 6.08 Å². The van der Waals surface area contributed by atoms with Crippen LogP contribution in [0.2, 0.25) is 0 Å². The van der Waals surface area contributed by atoms with Crippen LogP contribution in [0.3, 0.4) is 0 Å². The van der Waals surface area contributed by atoms with Crippen molar-refractivity contribution in [3.8, 4) is 0 Å². The highest BCUT2D eigenvalue weighted by Crippen LogP contribution is 2.09. The van der Waals surface area contributed by atoms with Gasteiger partial charge in [-0.3, -0.25) is 4.55 Å². The van der Waals surface area contributed by atoms with Gasteiger partial charge in [-0.05, 0) is 27.4 Å². The van der Waals surface area contributed by atoms with Crippen LogP contribution in [0.4, 0.5) is 0 Å². The summed E-state index contributed by atoms with van der Waals surface area (Å²) < 4.78 is 30.2. The van der Waals surface area contributed by atoms with Gasteiger partial charge in [0.05, 0.1) is 5.75 Å². The first-order valence-electron chi connectivity index (χ1n) is 5.97. The zero-order chi connectivity index (χ0) is 13.9. The second-order valence-corrected chi connectivity index (χ2v) is 5.77. The summed E-state index contributed by atoms with van der Waals surface area (Å²) in [6.07, 6.45) is 5.80. The van der Waals surface area contributed by atoms with Crippen LogP contribution in [0.1, 0.15) is 39.5 Å². The van der Waals surface area contributed by atoms with Crippen LogP contribution in [-0.4, -0.2) is 43.8 Å². The van der Waals surface area contributed by atoms with Gasteiger partial charge in [0.25, 0.3) is 10.1 Å². The van der Waals surface area contributed by atoms with E-state index in [1.165, 1.54) is 0 Å². The molecule has 0 spiro atoms. The topological polar surface area (TPSA) is 92.6 Å². The van der Waals surface area contributed by atoms with Crippen molar-refractivity contribution in [1.29, 1.82) is 0 Å². The van der Waals surface area contributed by atoms with Gasteiger partial charge in [0.15, 0.2) is 0 Å². The van der Waals surface area contributed by atoms with Crippen molar-refractivity contribution in [2.75, 3.05) is 19.8 Å². The zero-order valence-corrected chi connectivity index (χ0v) is 13.0. The number of rotatable bonds is 7. The monoisotopic (exact) mass is 282 g/mol. The summed E-state index contributed by atoms with van der Waals surface area (Å²) in [4.78, 5) is 1.85. The standard InChI is InChI=1S/C9H21NO3S.C3H6.H3N/c1-4-5-6-7-9(10(2)3)8-14(11,12)13;1-3-2;/h9H,4-8H2,1-3H3,(H,11,12,13);3H,1H2,2H3;1H3. The Morgan fingerprint density at radius 1 is 1.33 bits per heavy atom. The summed E-state index contributed by atoms with van der Waals surface area (Å²) in [5.74, 6) is -0.163. The van der Waals surface area contributed by atoms with Crippen molar-refractivity contribution in [3.05, 3.63) is 12.7 Å². The van der Waals surface area contributed by atoms with Crippen LogP contribution in [0.5, 0.6) is 0 Å². The highest BCUT2D eigenvalue weighted by atomic mass is 32.2. The number of allylic oxidation sites excluding steroid dienone is 1. The van der Waals surface area contributed by atoms with Gasteiger partial charge in [0, 0.05) is 6.04 Å². The van der Waals surface area contributed by atoms with Crippen LogP contribution in [0.25, 0.3) is 0 Å². The molecule has 112 valence electrons. The molecule has 0 radical (unpaired) electrons. The molecule has 0 aliphatic carbocycles. The fraction of sp³-hybridized carbons (Fsp3) is 0.833. The molecule has 0 bridgehead atoms. The number of hydrogen-bond acceptors (Lipinski definition) is 4. The fourth-order valence-electron chi connectivity index (χ4n) is 1.36. The predicted octanol–water partition coefficient (Wildman–Crippen LogP) is 2.74. The molecule has 0 aromatic carbocycles. The molecule has 0 aromatic heterocycles. The molecule has 0 aliphatic heterocycles. The summed E-state index contributed by atoms with van der Waals surface area (Å²) >= 11 is 0. The van der Waals surface area contributed by atoms with Crippen LogP contribution < -0.4 is 6.15 Å². The first kappa shape index (κ1) is 22.7. The third-order valence-corrected chi connectivity index (χ3v) is 3.08. The molecule has 6 heteroatoms. The van der Waals surface area contributed by atoms with Gasteiger partial charge < -0.3 is 11.1 Å². The third kappa shape index (κ3) is 17.9. The Kier molecular flexibility index (Phi) is 16.4. The number of unbranched alkanes of at least 4 members (excludes halogenated alkanes) is 2. The van der Waals surface area contributed by atoms with Gasteiger partial charge in [0.2, 0.25) is 0 Å². The molecular formula is C12H30N2O3S. The molecule has 0 heterocycles. The summed E-state index contributed by atoms with van der Waals surface area (Å²) in [5.41, 5.74) is 0. The Balaban J connectivity index is -0.000000507. The Bertz CT molecular complexity index is 277. The van der Waals surface area contributed by atoms with E-state index in [4.69, 9.17) is 4.55 Å². The fourth-order valence-corrected chi connectivity index (χ4v) is 2.31. The predicted molar refractivity (Wildman–Crippen MR) is 78.9 cm³/mol. The molecule has 1 unspecified atom stereocenters. The van der Waals surface area contributed by atoms with E-state index in [1.807, 2.05) is 25.9 Å². The molecule has 0 amide bonds. The largest absolute Gasteiger partial charge is 0.344 e. The lowest BCUT2D eigenvalue weighted by atomic mass is 10.1. The summed E-state index contributed by atoms with van der Waals surface area (Å²) in [6.45, 7) is 7.35. The van der Waals surface area contributed by atoms with E-state index in [2.05, 4.69) is 13.5 Å². The summed E-state index contributed by atoms with van der Waals surface area (Å²) in [7, 11) is -0.177. The minimum absolute atomic E-state index is 0. The molecule has 1 atom stereocenters.